The summed E-state index contributed by atoms with van der Waals surface area (Å²) in [4.78, 5) is 0. The molecule has 4 heteroatoms. The third-order valence-electron chi connectivity index (χ3n) is 3.49. The van der Waals surface area contributed by atoms with Crippen LogP contribution in [0.5, 0.6) is 0 Å². The maximum absolute atomic E-state index is 10.7. The number of thioether (sulfide) groups is 1. The molecule has 3 unspecified atom stereocenters. The van der Waals surface area contributed by atoms with Crippen LogP contribution in [0.2, 0.25) is 0 Å². The SMILES string of the molecule is CC1OCCC1SCC(O)(CN)c1ccccc1. The highest BCUT2D eigenvalue weighted by Gasteiger charge is 2.32. The fourth-order valence-electron chi connectivity index (χ4n) is 2.18. The van der Waals surface area contributed by atoms with Crippen molar-refractivity contribution < 1.29 is 9.84 Å². The first-order chi connectivity index (χ1) is 8.65. The Bertz CT molecular complexity index is 373. The van der Waals surface area contributed by atoms with Crippen molar-refractivity contribution in [3.63, 3.8) is 0 Å². The van der Waals surface area contributed by atoms with E-state index in [1.165, 1.54) is 0 Å². The van der Waals surface area contributed by atoms with Gasteiger partial charge < -0.3 is 15.6 Å². The molecule has 3 N–H and O–H groups in total. The van der Waals surface area contributed by atoms with Crippen molar-refractivity contribution in [2.75, 3.05) is 18.9 Å². The van der Waals surface area contributed by atoms with Crippen LogP contribution >= 0.6 is 11.8 Å². The largest absolute Gasteiger partial charge is 0.383 e. The first kappa shape index (κ1) is 13.9. The van der Waals surface area contributed by atoms with E-state index in [4.69, 9.17) is 10.5 Å². The number of rotatable bonds is 5. The van der Waals surface area contributed by atoms with Gasteiger partial charge in [0.05, 0.1) is 6.10 Å². The molecule has 3 atom stereocenters. The molecule has 0 aliphatic carbocycles. The number of aliphatic hydroxyl groups is 1. The molecule has 2 rings (SSSR count). The van der Waals surface area contributed by atoms with Crippen molar-refractivity contribution in [1.29, 1.82) is 0 Å². The van der Waals surface area contributed by atoms with Crippen LogP contribution < -0.4 is 5.73 Å². The van der Waals surface area contributed by atoms with Gasteiger partial charge in [-0.3, -0.25) is 0 Å². The molecule has 1 heterocycles. The van der Waals surface area contributed by atoms with Gasteiger partial charge in [0.25, 0.3) is 0 Å². The molecule has 1 aliphatic rings. The number of hydrogen-bond donors (Lipinski definition) is 2. The molecule has 0 bridgehead atoms. The van der Waals surface area contributed by atoms with Crippen LogP contribution in [0.1, 0.15) is 18.9 Å². The van der Waals surface area contributed by atoms with Crippen molar-refractivity contribution in [2.24, 2.45) is 5.73 Å². The predicted molar refractivity (Wildman–Crippen MR) is 75.7 cm³/mol. The van der Waals surface area contributed by atoms with E-state index >= 15 is 0 Å². The van der Waals surface area contributed by atoms with Gasteiger partial charge in [-0.2, -0.15) is 11.8 Å². The van der Waals surface area contributed by atoms with Crippen LogP contribution in [0.15, 0.2) is 30.3 Å². The lowest BCUT2D eigenvalue weighted by Crippen LogP contribution is -2.38. The lowest BCUT2D eigenvalue weighted by molar-refractivity contribution is 0.0718. The van der Waals surface area contributed by atoms with Crippen molar-refractivity contribution in [3.8, 4) is 0 Å². The van der Waals surface area contributed by atoms with Crippen LogP contribution in [0, 0.1) is 0 Å². The van der Waals surface area contributed by atoms with Gasteiger partial charge in [0.1, 0.15) is 5.60 Å². The average Bonchev–Trinajstić information content (AvgIpc) is 2.83. The normalized spacial score (nSPS) is 27.1. The maximum atomic E-state index is 10.7. The monoisotopic (exact) mass is 267 g/mol. The van der Waals surface area contributed by atoms with E-state index in [0.29, 0.717) is 11.0 Å². The summed E-state index contributed by atoms with van der Waals surface area (Å²) in [5.41, 5.74) is 5.72. The number of ether oxygens (including phenoxy) is 1. The van der Waals surface area contributed by atoms with Gasteiger partial charge in [-0.15, -0.1) is 0 Å². The summed E-state index contributed by atoms with van der Waals surface area (Å²) in [6.07, 6.45) is 1.33. The highest BCUT2D eigenvalue weighted by Crippen LogP contribution is 2.32. The minimum atomic E-state index is -0.936. The second kappa shape index (κ2) is 6.06. The van der Waals surface area contributed by atoms with E-state index in [9.17, 15) is 5.11 Å². The Morgan fingerprint density at radius 1 is 1.44 bits per heavy atom. The molecule has 0 spiro atoms. The standard InChI is InChI=1S/C14H21NO2S/c1-11-13(7-8-17-11)18-10-14(16,9-15)12-5-3-2-4-6-12/h2-6,11,13,16H,7-10,15H2,1H3. The van der Waals surface area contributed by atoms with Gasteiger partial charge >= 0.3 is 0 Å². The molecule has 18 heavy (non-hydrogen) atoms. The van der Waals surface area contributed by atoms with E-state index < -0.39 is 5.60 Å². The van der Waals surface area contributed by atoms with Gasteiger partial charge in [0.15, 0.2) is 0 Å². The predicted octanol–water partition coefficient (Wildman–Crippen LogP) is 1.74. The van der Waals surface area contributed by atoms with Crippen LogP contribution in [0.4, 0.5) is 0 Å². The van der Waals surface area contributed by atoms with E-state index in [2.05, 4.69) is 6.92 Å². The fourth-order valence-corrected chi connectivity index (χ4v) is 3.57. The average molecular weight is 267 g/mol. The Hall–Kier alpha value is -0.550. The minimum Gasteiger partial charge on any atom is -0.383 e. The molecule has 3 nitrogen and oxygen atoms in total. The smallest absolute Gasteiger partial charge is 0.111 e. The highest BCUT2D eigenvalue weighted by atomic mass is 32.2. The summed E-state index contributed by atoms with van der Waals surface area (Å²) in [6.45, 7) is 3.16. The number of benzene rings is 1. The Labute approximate surface area is 113 Å². The van der Waals surface area contributed by atoms with E-state index in [1.807, 2.05) is 30.3 Å². The molecule has 100 valence electrons. The summed E-state index contributed by atoms with van der Waals surface area (Å²) in [5.74, 6) is 0.617. The third-order valence-corrected chi connectivity index (χ3v) is 5.18. The van der Waals surface area contributed by atoms with Crippen molar-refractivity contribution in [1.82, 2.24) is 0 Å². The molecule has 0 amide bonds. The number of hydrogen-bond acceptors (Lipinski definition) is 4. The molecule has 1 aromatic rings. The van der Waals surface area contributed by atoms with Crippen LogP contribution in [0.3, 0.4) is 0 Å². The minimum absolute atomic E-state index is 0.242. The van der Waals surface area contributed by atoms with Gasteiger partial charge in [-0.05, 0) is 18.9 Å². The summed E-state index contributed by atoms with van der Waals surface area (Å²) in [7, 11) is 0. The molecule has 1 aliphatic heterocycles. The zero-order valence-electron chi connectivity index (χ0n) is 10.7. The Balaban J connectivity index is 2.00. The second-order valence-corrected chi connectivity index (χ2v) is 6.04. The van der Waals surface area contributed by atoms with E-state index in [1.54, 1.807) is 11.8 Å². The lowest BCUT2D eigenvalue weighted by atomic mass is 9.96. The maximum Gasteiger partial charge on any atom is 0.111 e. The Morgan fingerprint density at radius 2 is 2.17 bits per heavy atom. The molecular weight excluding hydrogens is 246 g/mol. The third kappa shape index (κ3) is 3.06. The van der Waals surface area contributed by atoms with Gasteiger partial charge in [-0.25, -0.2) is 0 Å². The lowest BCUT2D eigenvalue weighted by Gasteiger charge is -2.28. The topological polar surface area (TPSA) is 55.5 Å². The molecule has 0 radical (unpaired) electrons. The van der Waals surface area contributed by atoms with Crippen molar-refractivity contribution in [3.05, 3.63) is 35.9 Å². The zero-order chi connectivity index (χ0) is 13.0. The summed E-state index contributed by atoms with van der Waals surface area (Å²) < 4.78 is 5.54. The van der Waals surface area contributed by atoms with Crippen LogP contribution in [-0.2, 0) is 10.3 Å². The molecule has 1 aromatic carbocycles. The summed E-state index contributed by atoms with van der Waals surface area (Å²) >= 11 is 1.76. The van der Waals surface area contributed by atoms with E-state index in [-0.39, 0.29) is 12.6 Å². The van der Waals surface area contributed by atoms with Gasteiger partial charge in [-0.1, -0.05) is 30.3 Å². The first-order valence-corrected chi connectivity index (χ1v) is 7.42. The molecule has 1 fully saturated rings. The van der Waals surface area contributed by atoms with Crippen LogP contribution in [-0.4, -0.2) is 35.4 Å². The zero-order valence-corrected chi connectivity index (χ0v) is 11.5. The molecule has 0 saturated carbocycles. The molecular formula is C14H21NO2S. The Morgan fingerprint density at radius 3 is 2.72 bits per heavy atom. The second-order valence-electron chi connectivity index (χ2n) is 4.82. The quantitative estimate of drug-likeness (QED) is 0.853. The highest BCUT2D eigenvalue weighted by molar-refractivity contribution is 8.00. The van der Waals surface area contributed by atoms with Gasteiger partial charge in [0, 0.05) is 24.2 Å². The van der Waals surface area contributed by atoms with Crippen molar-refractivity contribution >= 4 is 11.8 Å². The summed E-state index contributed by atoms with van der Waals surface area (Å²) in [6, 6.07) is 9.67. The van der Waals surface area contributed by atoms with Crippen molar-refractivity contribution in [2.45, 2.75) is 30.3 Å². The molecule has 1 saturated heterocycles. The van der Waals surface area contributed by atoms with Crippen LogP contribution in [0.25, 0.3) is 0 Å². The van der Waals surface area contributed by atoms with Gasteiger partial charge in [0.2, 0.25) is 0 Å². The number of nitrogens with two attached hydrogens (primary N) is 1. The molecule has 0 aromatic heterocycles. The summed E-state index contributed by atoms with van der Waals surface area (Å²) in [5, 5.41) is 11.1. The Kier molecular flexibility index (Phi) is 4.67. The fraction of sp³-hybridized carbons (Fsp3) is 0.571. The van der Waals surface area contributed by atoms with E-state index in [0.717, 1.165) is 18.6 Å². The first-order valence-electron chi connectivity index (χ1n) is 6.37.